The molecule has 1 amide bonds. The minimum absolute atomic E-state index is 0.0876. The molecule has 0 unspecified atom stereocenters. The van der Waals surface area contributed by atoms with Crippen LogP contribution in [0.4, 0.5) is 5.69 Å². The molecule has 136 valence electrons. The summed E-state index contributed by atoms with van der Waals surface area (Å²) in [6, 6.07) is 17.4. The minimum Gasteiger partial charge on any atom is -0.484 e. The van der Waals surface area contributed by atoms with E-state index in [0.717, 1.165) is 4.88 Å². The largest absolute Gasteiger partial charge is 0.484 e. The van der Waals surface area contributed by atoms with Crippen molar-refractivity contribution in [2.45, 2.75) is 0 Å². The minimum atomic E-state index is -0.281. The van der Waals surface area contributed by atoms with E-state index in [0.29, 0.717) is 22.0 Å². The number of hydrogen-bond donors (Lipinski definition) is 1. The number of thiophene rings is 1. The maximum Gasteiger partial charge on any atom is 0.262 e. The summed E-state index contributed by atoms with van der Waals surface area (Å²) in [4.78, 5) is 25.1. The van der Waals surface area contributed by atoms with Crippen molar-refractivity contribution in [2.75, 3.05) is 11.9 Å². The van der Waals surface area contributed by atoms with Crippen LogP contribution < -0.4 is 10.1 Å². The number of halogens is 1. The molecule has 4 nitrogen and oxygen atoms in total. The van der Waals surface area contributed by atoms with Gasteiger partial charge in [-0.05, 0) is 72.1 Å². The lowest BCUT2D eigenvalue weighted by Crippen LogP contribution is -2.20. The predicted octanol–water partition coefficient (Wildman–Crippen LogP) is 5.32. The Balaban J connectivity index is 1.50. The van der Waals surface area contributed by atoms with Crippen LogP contribution in [0.3, 0.4) is 0 Å². The molecule has 3 rings (SSSR count). The van der Waals surface area contributed by atoms with Crippen LogP contribution in [-0.4, -0.2) is 18.3 Å². The molecule has 0 spiro atoms. The van der Waals surface area contributed by atoms with Gasteiger partial charge in [-0.15, -0.1) is 11.3 Å². The van der Waals surface area contributed by atoms with E-state index in [4.69, 9.17) is 16.3 Å². The Hall–Kier alpha value is -2.89. The lowest BCUT2D eigenvalue weighted by Gasteiger charge is -2.08. The molecule has 0 aliphatic heterocycles. The molecule has 0 aliphatic carbocycles. The lowest BCUT2D eigenvalue weighted by molar-refractivity contribution is -0.118. The Bertz CT molecular complexity index is 933. The average Bonchev–Trinajstić information content (AvgIpc) is 3.20. The Morgan fingerprint density at radius 3 is 2.44 bits per heavy atom. The molecule has 0 saturated heterocycles. The number of ketones is 1. The molecule has 0 fully saturated rings. The molecule has 0 bridgehead atoms. The molecule has 3 aromatic rings. The summed E-state index contributed by atoms with van der Waals surface area (Å²) in [5.41, 5.74) is 1.20. The van der Waals surface area contributed by atoms with Gasteiger partial charge in [-0.3, -0.25) is 9.59 Å². The fraction of sp³-hybridized carbons (Fsp3) is 0.0476. The highest BCUT2D eigenvalue weighted by Gasteiger charge is 2.06. The lowest BCUT2D eigenvalue weighted by atomic mass is 10.1. The number of amides is 1. The first-order chi connectivity index (χ1) is 13.1. The Kier molecular flexibility index (Phi) is 6.41. The first kappa shape index (κ1) is 18.9. The van der Waals surface area contributed by atoms with E-state index in [1.807, 2.05) is 17.5 Å². The summed E-state index contributed by atoms with van der Waals surface area (Å²) in [6.07, 6.45) is 3.33. The summed E-state index contributed by atoms with van der Waals surface area (Å²) in [5.74, 6) is 0.145. The number of rotatable bonds is 7. The van der Waals surface area contributed by atoms with Crippen LogP contribution >= 0.6 is 22.9 Å². The van der Waals surface area contributed by atoms with E-state index >= 15 is 0 Å². The fourth-order valence-corrected chi connectivity index (χ4v) is 2.98. The third-order valence-corrected chi connectivity index (χ3v) is 4.67. The second-order valence-electron chi connectivity index (χ2n) is 5.58. The average molecular weight is 398 g/mol. The van der Waals surface area contributed by atoms with Crippen molar-refractivity contribution in [3.05, 3.63) is 87.6 Å². The Morgan fingerprint density at radius 1 is 1.04 bits per heavy atom. The highest BCUT2D eigenvalue weighted by molar-refractivity contribution is 7.10. The molecule has 1 heterocycles. The number of hydrogen-bond acceptors (Lipinski definition) is 4. The molecule has 0 saturated carbocycles. The zero-order valence-corrected chi connectivity index (χ0v) is 15.8. The van der Waals surface area contributed by atoms with E-state index in [-0.39, 0.29) is 18.3 Å². The fourth-order valence-electron chi connectivity index (χ4n) is 2.23. The SMILES string of the molecule is O=C(COc1ccc(C(=O)C=Cc2cccs2)cc1)Nc1ccc(Cl)cc1. The van der Waals surface area contributed by atoms with Crippen LogP contribution in [-0.2, 0) is 4.79 Å². The second-order valence-corrected chi connectivity index (χ2v) is 7.00. The second kappa shape index (κ2) is 9.16. The van der Waals surface area contributed by atoms with Crippen molar-refractivity contribution in [1.29, 1.82) is 0 Å². The van der Waals surface area contributed by atoms with Crippen molar-refractivity contribution in [1.82, 2.24) is 0 Å². The van der Waals surface area contributed by atoms with Gasteiger partial charge >= 0.3 is 0 Å². The van der Waals surface area contributed by atoms with Crippen molar-refractivity contribution < 1.29 is 14.3 Å². The van der Waals surface area contributed by atoms with Crippen LogP contribution in [0, 0.1) is 0 Å². The number of anilines is 1. The van der Waals surface area contributed by atoms with Gasteiger partial charge in [0.15, 0.2) is 12.4 Å². The summed E-state index contributed by atoms with van der Waals surface area (Å²) in [7, 11) is 0. The van der Waals surface area contributed by atoms with Gasteiger partial charge in [0.2, 0.25) is 0 Å². The normalized spacial score (nSPS) is 10.7. The summed E-state index contributed by atoms with van der Waals surface area (Å²) in [5, 5.41) is 5.27. The quantitative estimate of drug-likeness (QED) is 0.434. The first-order valence-corrected chi connectivity index (χ1v) is 9.40. The molecule has 0 atom stereocenters. The van der Waals surface area contributed by atoms with Gasteiger partial charge in [0.1, 0.15) is 5.75 Å². The molecule has 6 heteroatoms. The van der Waals surface area contributed by atoms with E-state index in [9.17, 15) is 9.59 Å². The van der Waals surface area contributed by atoms with Gasteiger partial charge in [-0.1, -0.05) is 17.7 Å². The van der Waals surface area contributed by atoms with Crippen LogP contribution in [0.2, 0.25) is 5.02 Å². The number of allylic oxidation sites excluding steroid dienone is 1. The molecular weight excluding hydrogens is 382 g/mol. The van der Waals surface area contributed by atoms with Crippen molar-refractivity contribution >= 4 is 46.4 Å². The van der Waals surface area contributed by atoms with E-state index in [1.165, 1.54) is 0 Å². The predicted molar refractivity (Wildman–Crippen MR) is 110 cm³/mol. The van der Waals surface area contributed by atoms with E-state index < -0.39 is 0 Å². The van der Waals surface area contributed by atoms with E-state index in [2.05, 4.69) is 5.32 Å². The molecule has 2 aromatic carbocycles. The number of carbonyl (C=O) groups excluding carboxylic acids is 2. The summed E-state index contributed by atoms with van der Waals surface area (Å²) >= 11 is 7.37. The van der Waals surface area contributed by atoms with Gasteiger partial charge in [0.05, 0.1) is 0 Å². The van der Waals surface area contributed by atoms with Gasteiger partial charge in [-0.25, -0.2) is 0 Å². The van der Waals surface area contributed by atoms with Crippen LogP contribution in [0.15, 0.2) is 72.1 Å². The highest BCUT2D eigenvalue weighted by Crippen LogP contribution is 2.16. The summed E-state index contributed by atoms with van der Waals surface area (Å²) < 4.78 is 5.45. The van der Waals surface area contributed by atoms with Crippen molar-refractivity contribution in [2.24, 2.45) is 0 Å². The van der Waals surface area contributed by atoms with Crippen molar-refractivity contribution in [3.8, 4) is 5.75 Å². The monoisotopic (exact) mass is 397 g/mol. The van der Waals surface area contributed by atoms with E-state index in [1.54, 1.807) is 72.0 Å². The Morgan fingerprint density at radius 2 is 1.78 bits per heavy atom. The van der Waals surface area contributed by atoms with Crippen molar-refractivity contribution in [3.63, 3.8) is 0 Å². The van der Waals surface area contributed by atoms with Gasteiger partial charge in [0.25, 0.3) is 5.91 Å². The molecular formula is C21H16ClNO3S. The Labute approximate surface area is 166 Å². The topological polar surface area (TPSA) is 55.4 Å². The third-order valence-electron chi connectivity index (χ3n) is 3.58. The summed E-state index contributed by atoms with van der Waals surface area (Å²) in [6.45, 7) is -0.131. The number of nitrogens with one attached hydrogen (secondary N) is 1. The molecule has 1 N–H and O–H groups in total. The molecule has 1 aromatic heterocycles. The maximum absolute atomic E-state index is 12.1. The molecule has 27 heavy (non-hydrogen) atoms. The first-order valence-electron chi connectivity index (χ1n) is 8.14. The highest BCUT2D eigenvalue weighted by atomic mass is 35.5. The standard InChI is InChI=1S/C21H16ClNO3S/c22-16-5-7-17(8-6-16)23-21(25)14-26-18-9-3-15(4-10-18)20(24)12-11-19-2-1-13-27-19/h1-13H,14H2,(H,23,25). The zero-order valence-electron chi connectivity index (χ0n) is 14.2. The number of ether oxygens (including phenoxy) is 1. The zero-order chi connectivity index (χ0) is 19.1. The van der Waals surface area contributed by atoms with Gasteiger partial charge in [-0.2, -0.15) is 0 Å². The number of benzene rings is 2. The van der Waals surface area contributed by atoms with Crippen LogP contribution in [0.5, 0.6) is 5.75 Å². The number of carbonyl (C=O) groups is 2. The van der Waals surface area contributed by atoms with Gasteiger partial charge < -0.3 is 10.1 Å². The van der Waals surface area contributed by atoms with Crippen LogP contribution in [0.1, 0.15) is 15.2 Å². The molecule has 0 radical (unpaired) electrons. The third kappa shape index (κ3) is 5.81. The maximum atomic E-state index is 12.1. The van der Waals surface area contributed by atoms with Gasteiger partial charge in [0, 0.05) is 21.2 Å². The van der Waals surface area contributed by atoms with Crippen LogP contribution in [0.25, 0.3) is 6.08 Å². The smallest absolute Gasteiger partial charge is 0.262 e. The molecule has 0 aliphatic rings.